The number of aryl methyl sites for hydroxylation is 2. The number of hydrogen-bond donors (Lipinski definition) is 0. The molecule has 2 heterocycles. The molecular weight excluding hydrogens is 338 g/mol. The van der Waals surface area contributed by atoms with Gasteiger partial charge in [0, 0.05) is 0 Å². The Morgan fingerprint density at radius 1 is 1.04 bits per heavy atom. The first-order valence-electron chi connectivity index (χ1n) is 7.78. The van der Waals surface area contributed by atoms with Crippen molar-refractivity contribution in [3.05, 3.63) is 58.0 Å². The summed E-state index contributed by atoms with van der Waals surface area (Å²) in [6.45, 7) is 4.02. The Kier molecular flexibility index (Phi) is 3.77. The molecule has 0 atom stereocenters. The SMILES string of the molecule is Cc1ccc(C)c(N2C(=O)S/C(=C\c3ccc4c(c3)OCO4)C2=O)c1. The van der Waals surface area contributed by atoms with Gasteiger partial charge in [0.15, 0.2) is 11.5 Å². The predicted molar refractivity (Wildman–Crippen MR) is 96.9 cm³/mol. The van der Waals surface area contributed by atoms with Gasteiger partial charge < -0.3 is 9.47 Å². The van der Waals surface area contributed by atoms with Crippen LogP contribution in [0.5, 0.6) is 11.5 Å². The second-order valence-electron chi connectivity index (χ2n) is 5.92. The summed E-state index contributed by atoms with van der Waals surface area (Å²) in [5, 5.41) is -0.286. The quantitative estimate of drug-likeness (QED) is 0.755. The van der Waals surface area contributed by atoms with Gasteiger partial charge in [-0.1, -0.05) is 18.2 Å². The number of hydrogen-bond acceptors (Lipinski definition) is 5. The van der Waals surface area contributed by atoms with Crippen LogP contribution in [0.25, 0.3) is 6.08 Å². The van der Waals surface area contributed by atoms with Gasteiger partial charge in [-0.25, -0.2) is 4.90 Å². The molecule has 0 aliphatic carbocycles. The molecule has 2 aliphatic heterocycles. The van der Waals surface area contributed by atoms with Crippen molar-refractivity contribution in [2.24, 2.45) is 0 Å². The lowest BCUT2D eigenvalue weighted by Gasteiger charge is -2.16. The van der Waals surface area contributed by atoms with Crippen molar-refractivity contribution in [1.82, 2.24) is 0 Å². The summed E-state index contributed by atoms with van der Waals surface area (Å²) in [4.78, 5) is 26.8. The number of fused-ring (bicyclic) bond motifs is 1. The van der Waals surface area contributed by atoms with Gasteiger partial charge in [0.2, 0.25) is 6.79 Å². The Hall–Kier alpha value is -2.73. The fraction of sp³-hybridized carbons (Fsp3) is 0.158. The van der Waals surface area contributed by atoms with Crippen LogP contribution in [0, 0.1) is 13.8 Å². The average Bonchev–Trinajstić information content (AvgIpc) is 3.15. The Morgan fingerprint density at radius 2 is 1.84 bits per heavy atom. The van der Waals surface area contributed by atoms with Gasteiger partial charge in [-0.2, -0.15) is 0 Å². The van der Waals surface area contributed by atoms with Crippen molar-refractivity contribution >= 4 is 34.7 Å². The Balaban J connectivity index is 1.68. The summed E-state index contributed by atoms with van der Waals surface area (Å²) in [5.41, 5.74) is 3.31. The van der Waals surface area contributed by atoms with Crippen molar-refractivity contribution < 1.29 is 19.1 Å². The minimum absolute atomic E-state index is 0.196. The number of imide groups is 1. The maximum absolute atomic E-state index is 12.8. The van der Waals surface area contributed by atoms with E-state index < -0.39 is 0 Å². The lowest BCUT2D eigenvalue weighted by atomic mass is 10.1. The van der Waals surface area contributed by atoms with E-state index in [1.807, 2.05) is 38.1 Å². The fourth-order valence-corrected chi connectivity index (χ4v) is 3.62. The number of thioether (sulfide) groups is 1. The minimum Gasteiger partial charge on any atom is -0.454 e. The number of rotatable bonds is 2. The van der Waals surface area contributed by atoms with Crippen LogP contribution in [0.4, 0.5) is 10.5 Å². The molecule has 0 unspecified atom stereocenters. The summed E-state index contributed by atoms with van der Waals surface area (Å²) in [7, 11) is 0. The molecule has 0 saturated carbocycles. The van der Waals surface area contributed by atoms with E-state index >= 15 is 0 Å². The van der Waals surface area contributed by atoms with Gasteiger partial charge in [-0.15, -0.1) is 0 Å². The number of ether oxygens (including phenoxy) is 2. The Labute approximate surface area is 149 Å². The summed E-state index contributed by atoms with van der Waals surface area (Å²) >= 11 is 0.946. The van der Waals surface area contributed by atoms with Crippen LogP contribution in [-0.2, 0) is 4.79 Å². The topological polar surface area (TPSA) is 55.8 Å². The van der Waals surface area contributed by atoms with Crippen molar-refractivity contribution in [1.29, 1.82) is 0 Å². The fourth-order valence-electron chi connectivity index (χ4n) is 2.79. The maximum atomic E-state index is 12.8. The summed E-state index contributed by atoms with van der Waals surface area (Å²) < 4.78 is 10.6. The molecule has 0 spiro atoms. The van der Waals surface area contributed by atoms with Gasteiger partial charge >= 0.3 is 0 Å². The molecule has 2 aliphatic rings. The highest BCUT2D eigenvalue weighted by Crippen LogP contribution is 2.39. The molecule has 1 fully saturated rings. The predicted octanol–water partition coefficient (Wildman–Crippen LogP) is 4.27. The van der Waals surface area contributed by atoms with Crippen LogP contribution in [0.15, 0.2) is 41.3 Å². The molecule has 2 amide bonds. The van der Waals surface area contributed by atoms with E-state index in [1.165, 1.54) is 4.90 Å². The molecule has 5 nitrogen and oxygen atoms in total. The molecule has 0 N–H and O–H groups in total. The van der Waals surface area contributed by atoms with E-state index in [9.17, 15) is 9.59 Å². The highest BCUT2D eigenvalue weighted by atomic mass is 32.2. The standard InChI is InChI=1S/C19H15NO4S/c1-11-3-4-12(2)14(7-11)20-18(21)17(25-19(20)22)9-13-5-6-15-16(8-13)24-10-23-15/h3-9H,10H2,1-2H3/b17-9-. The number of benzene rings is 2. The van der Waals surface area contributed by atoms with Crippen molar-refractivity contribution in [2.45, 2.75) is 13.8 Å². The third-order valence-corrected chi connectivity index (χ3v) is 4.96. The van der Waals surface area contributed by atoms with E-state index in [2.05, 4.69) is 0 Å². The van der Waals surface area contributed by atoms with Crippen LogP contribution < -0.4 is 14.4 Å². The number of amides is 2. The smallest absolute Gasteiger partial charge is 0.298 e. The van der Waals surface area contributed by atoms with Crippen LogP contribution >= 0.6 is 11.8 Å². The first-order valence-corrected chi connectivity index (χ1v) is 8.59. The number of carbonyl (C=O) groups excluding carboxylic acids is 2. The van der Waals surface area contributed by atoms with Crippen LogP contribution in [0.1, 0.15) is 16.7 Å². The van der Waals surface area contributed by atoms with Gasteiger partial charge in [-0.05, 0) is 66.6 Å². The van der Waals surface area contributed by atoms with Gasteiger partial charge in [0.25, 0.3) is 11.1 Å². The zero-order chi connectivity index (χ0) is 17.6. The lowest BCUT2D eigenvalue weighted by Crippen LogP contribution is -2.28. The van der Waals surface area contributed by atoms with E-state index in [0.29, 0.717) is 22.1 Å². The summed E-state index contributed by atoms with van der Waals surface area (Å²) in [6, 6.07) is 11.2. The number of nitrogens with zero attached hydrogens (tertiary/aromatic N) is 1. The molecule has 0 aromatic heterocycles. The summed E-state index contributed by atoms with van der Waals surface area (Å²) in [6.07, 6.45) is 1.71. The minimum atomic E-state index is -0.304. The highest BCUT2D eigenvalue weighted by Gasteiger charge is 2.37. The van der Waals surface area contributed by atoms with Crippen molar-refractivity contribution in [3.63, 3.8) is 0 Å². The maximum Gasteiger partial charge on any atom is 0.298 e. The molecule has 0 radical (unpaired) electrons. The first-order chi connectivity index (χ1) is 12.0. The van der Waals surface area contributed by atoms with Crippen LogP contribution in [0.2, 0.25) is 0 Å². The largest absolute Gasteiger partial charge is 0.454 e. The average molecular weight is 353 g/mol. The third-order valence-electron chi connectivity index (χ3n) is 4.09. The molecular formula is C19H15NO4S. The van der Waals surface area contributed by atoms with E-state index in [-0.39, 0.29) is 17.9 Å². The highest BCUT2D eigenvalue weighted by molar-refractivity contribution is 8.19. The number of anilines is 1. The lowest BCUT2D eigenvalue weighted by molar-refractivity contribution is -0.113. The second-order valence-corrected chi connectivity index (χ2v) is 6.91. The zero-order valence-corrected chi connectivity index (χ0v) is 14.6. The van der Waals surface area contributed by atoms with E-state index in [0.717, 1.165) is 28.5 Å². The van der Waals surface area contributed by atoms with Gasteiger partial charge in [0.1, 0.15) is 0 Å². The van der Waals surface area contributed by atoms with Gasteiger partial charge in [0.05, 0.1) is 10.6 Å². The molecule has 2 aromatic rings. The molecule has 6 heteroatoms. The normalized spacial score (nSPS) is 17.7. The monoisotopic (exact) mass is 353 g/mol. The number of carbonyl (C=O) groups is 2. The third kappa shape index (κ3) is 2.78. The van der Waals surface area contributed by atoms with Crippen LogP contribution in [-0.4, -0.2) is 17.9 Å². The zero-order valence-electron chi connectivity index (χ0n) is 13.7. The molecule has 126 valence electrons. The Bertz CT molecular complexity index is 935. The van der Waals surface area contributed by atoms with Crippen LogP contribution in [0.3, 0.4) is 0 Å². The molecule has 2 aromatic carbocycles. The first kappa shape index (κ1) is 15.8. The molecule has 0 bridgehead atoms. The Morgan fingerprint density at radius 3 is 2.68 bits per heavy atom. The van der Waals surface area contributed by atoms with E-state index in [1.54, 1.807) is 18.2 Å². The molecule has 1 saturated heterocycles. The van der Waals surface area contributed by atoms with Crippen molar-refractivity contribution in [2.75, 3.05) is 11.7 Å². The van der Waals surface area contributed by atoms with E-state index in [4.69, 9.17) is 9.47 Å². The molecule has 4 rings (SSSR count). The van der Waals surface area contributed by atoms with Gasteiger partial charge in [-0.3, -0.25) is 9.59 Å². The molecule has 25 heavy (non-hydrogen) atoms. The second kappa shape index (κ2) is 5.97. The van der Waals surface area contributed by atoms with Crippen molar-refractivity contribution in [3.8, 4) is 11.5 Å². The summed E-state index contributed by atoms with van der Waals surface area (Å²) in [5.74, 6) is 1.02.